The predicted molar refractivity (Wildman–Crippen MR) is 61.6 cm³/mol. The standard InChI is InChI=1S/C12H15N3/c1-2-3-6-11(13)10-9-14-15-8-5-4-7-12(10)15/h2,4-5,7-9,11H,1,3,6,13H2. The average molecular weight is 201 g/mol. The van der Waals surface area contributed by atoms with Gasteiger partial charge in [0.15, 0.2) is 0 Å². The van der Waals surface area contributed by atoms with E-state index in [1.54, 1.807) is 0 Å². The van der Waals surface area contributed by atoms with Gasteiger partial charge in [0.2, 0.25) is 0 Å². The Kier molecular flexibility index (Phi) is 2.83. The molecule has 2 aromatic rings. The van der Waals surface area contributed by atoms with Crippen LogP contribution in [-0.2, 0) is 0 Å². The first kappa shape index (κ1) is 9.93. The molecule has 0 saturated heterocycles. The Balaban J connectivity index is 2.30. The number of nitrogens with zero attached hydrogens (tertiary/aromatic N) is 2. The van der Waals surface area contributed by atoms with Gasteiger partial charge in [-0.25, -0.2) is 4.52 Å². The molecular weight excluding hydrogens is 186 g/mol. The van der Waals surface area contributed by atoms with E-state index in [9.17, 15) is 0 Å². The van der Waals surface area contributed by atoms with Crippen molar-refractivity contribution < 1.29 is 0 Å². The molecule has 0 fully saturated rings. The fourth-order valence-electron chi connectivity index (χ4n) is 1.69. The average Bonchev–Trinajstić information content (AvgIpc) is 2.69. The van der Waals surface area contributed by atoms with Gasteiger partial charge in [0.25, 0.3) is 0 Å². The molecule has 2 aromatic heterocycles. The summed E-state index contributed by atoms with van der Waals surface area (Å²) >= 11 is 0. The minimum absolute atomic E-state index is 0.0444. The summed E-state index contributed by atoms with van der Waals surface area (Å²) in [5.74, 6) is 0. The second-order valence-electron chi connectivity index (χ2n) is 3.60. The first-order chi connectivity index (χ1) is 7.33. The SMILES string of the molecule is C=CCCC(N)c1cnn2ccccc12. The van der Waals surface area contributed by atoms with Crippen molar-refractivity contribution >= 4 is 5.52 Å². The van der Waals surface area contributed by atoms with Crippen molar-refractivity contribution in [3.63, 3.8) is 0 Å². The van der Waals surface area contributed by atoms with Gasteiger partial charge in [0.1, 0.15) is 0 Å². The molecule has 0 radical (unpaired) electrons. The summed E-state index contributed by atoms with van der Waals surface area (Å²) in [6.07, 6.45) is 7.53. The number of aromatic nitrogens is 2. The summed E-state index contributed by atoms with van der Waals surface area (Å²) in [5, 5.41) is 4.26. The summed E-state index contributed by atoms with van der Waals surface area (Å²) in [6, 6.07) is 6.04. The van der Waals surface area contributed by atoms with Crippen molar-refractivity contribution in [2.24, 2.45) is 5.73 Å². The number of nitrogens with two attached hydrogens (primary N) is 1. The van der Waals surface area contributed by atoms with Gasteiger partial charge in [-0.05, 0) is 25.0 Å². The van der Waals surface area contributed by atoms with Crippen LogP contribution in [0.5, 0.6) is 0 Å². The van der Waals surface area contributed by atoms with Crippen LogP contribution in [-0.4, -0.2) is 9.61 Å². The molecule has 78 valence electrons. The highest BCUT2D eigenvalue weighted by Crippen LogP contribution is 2.20. The Bertz CT molecular complexity index is 459. The van der Waals surface area contributed by atoms with Gasteiger partial charge in [0, 0.05) is 17.8 Å². The summed E-state index contributed by atoms with van der Waals surface area (Å²) in [6.45, 7) is 3.70. The van der Waals surface area contributed by atoms with E-state index >= 15 is 0 Å². The molecule has 2 heterocycles. The molecule has 0 saturated carbocycles. The fourth-order valence-corrected chi connectivity index (χ4v) is 1.69. The topological polar surface area (TPSA) is 43.3 Å². The predicted octanol–water partition coefficient (Wildman–Crippen LogP) is 2.30. The lowest BCUT2D eigenvalue weighted by Crippen LogP contribution is -2.09. The number of pyridine rings is 1. The molecule has 0 aromatic carbocycles. The lowest BCUT2D eigenvalue weighted by molar-refractivity contribution is 0.666. The summed E-state index contributed by atoms with van der Waals surface area (Å²) in [5.41, 5.74) is 8.29. The zero-order valence-electron chi connectivity index (χ0n) is 8.63. The highest BCUT2D eigenvalue weighted by molar-refractivity contribution is 5.54. The smallest absolute Gasteiger partial charge is 0.0709 e. The quantitative estimate of drug-likeness (QED) is 0.771. The van der Waals surface area contributed by atoms with Crippen molar-refractivity contribution in [1.82, 2.24) is 9.61 Å². The fraction of sp³-hybridized carbons (Fsp3) is 0.250. The zero-order valence-corrected chi connectivity index (χ0v) is 8.63. The van der Waals surface area contributed by atoms with Crippen LogP contribution in [0.1, 0.15) is 24.4 Å². The van der Waals surface area contributed by atoms with Gasteiger partial charge >= 0.3 is 0 Å². The Morgan fingerprint density at radius 3 is 3.20 bits per heavy atom. The van der Waals surface area contributed by atoms with Crippen molar-refractivity contribution in [2.75, 3.05) is 0 Å². The number of hydrogen-bond donors (Lipinski definition) is 1. The van der Waals surface area contributed by atoms with Gasteiger partial charge in [-0.2, -0.15) is 5.10 Å². The zero-order chi connectivity index (χ0) is 10.7. The largest absolute Gasteiger partial charge is 0.324 e. The summed E-state index contributed by atoms with van der Waals surface area (Å²) in [7, 11) is 0. The molecule has 15 heavy (non-hydrogen) atoms. The third-order valence-electron chi connectivity index (χ3n) is 2.54. The van der Waals surface area contributed by atoms with Crippen molar-refractivity contribution in [1.29, 1.82) is 0 Å². The lowest BCUT2D eigenvalue weighted by atomic mass is 10.0. The molecule has 2 rings (SSSR count). The normalized spacial score (nSPS) is 12.9. The van der Waals surface area contributed by atoms with E-state index in [1.165, 1.54) is 0 Å². The maximum Gasteiger partial charge on any atom is 0.0709 e. The van der Waals surface area contributed by atoms with Crippen LogP contribution in [0.4, 0.5) is 0 Å². The van der Waals surface area contributed by atoms with Gasteiger partial charge in [-0.15, -0.1) is 6.58 Å². The summed E-state index contributed by atoms with van der Waals surface area (Å²) < 4.78 is 1.85. The molecule has 0 bridgehead atoms. The van der Waals surface area contributed by atoms with E-state index in [2.05, 4.69) is 11.7 Å². The minimum Gasteiger partial charge on any atom is -0.324 e. The minimum atomic E-state index is 0.0444. The molecule has 0 aliphatic heterocycles. The van der Waals surface area contributed by atoms with Crippen LogP contribution >= 0.6 is 0 Å². The number of rotatable bonds is 4. The van der Waals surface area contributed by atoms with Crippen LogP contribution < -0.4 is 5.73 Å². The van der Waals surface area contributed by atoms with Gasteiger partial charge in [-0.1, -0.05) is 12.1 Å². The second-order valence-corrected chi connectivity index (χ2v) is 3.60. The number of fused-ring (bicyclic) bond motifs is 1. The van der Waals surface area contributed by atoms with E-state index in [0.717, 1.165) is 23.9 Å². The van der Waals surface area contributed by atoms with Crippen LogP contribution in [0.2, 0.25) is 0 Å². The van der Waals surface area contributed by atoms with Crippen LogP contribution in [0.3, 0.4) is 0 Å². The van der Waals surface area contributed by atoms with E-state index in [0.29, 0.717) is 0 Å². The molecule has 1 atom stereocenters. The van der Waals surface area contributed by atoms with Crippen LogP contribution in [0.25, 0.3) is 5.52 Å². The van der Waals surface area contributed by atoms with Gasteiger partial charge < -0.3 is 5.73 Å². The lowest BCUT2D eigenvalue weighted by Gasteiger charge is -2.08. The Hall–Kier alpha value is -1.61. The molecule has 0 spiro atoms. The molecule has 2 N–H and O–H groups in total. The Morgan fingerprint density at radius 1 is 1.53 bits per heavy atom. The van der Waals surface area contributed by atoms with E-state index < -0.39 is 0 Å². The first-order valence-electron chi connectivity index (χ1n) is 5.11. The second kappa shape index (κ2) is 4.28. The molecular formula is C12H15N3. The highest BCUT2D eigenvalue weighted by Gasteiger charge is 2.10. The van der Waals surface area contributed by atoms with Crippen molar-refractivity contribution in [3.05, 3.63) is 48.8 Å². The van der Waals surface area contributed by atoms with Gasteiger partial charge in [-0.3, -0.25) is 0 Å². The van der Waals surface area contributed by atoms with Crippen LogP contribution in [0.15, 0.2) is 43.2 Å². The molecule has 3 heteroatoms. The van der Waals surface area contributed by atoms with Crippen LogP contribution in [0, 0.1) is 0 Å². The molecule has 0 amide bonds. The number of hydrogen-bond acceptors (Lipinski definition) is 2. The number of allylic oxidation sites excluding steroid dienone is 1. The van der Waals surface area contributed by atoms with E-state index in [1.807, 2.05) is 41.2 Å². The Labute approximate surface area is 89.2 Å². The maximum atomic E-state index is 6.09. The third kappa shape index (κ3) is 1.92. The molecule has 0 aliphatic carbocycles. The third-order valence-corrected chi connectivity index (χ3v) is 2.54. The first-order valence-corrected chi connectivity index (χ1v) is 5.11. The summed E-state index contributed by atoms with van der Waals surface area (Å²) in [4.78, 5) is 0. The van der Waals surface area contributed by atoms with Crippen molar-refractivity contribution in [3.8, 4) is 0 Å². The Morgan fingerprint density at radius 2 is 2.40 bits per heavy atom. The molecule has 3 nitrogen and oxygen atoms in total. The van der Waals surface area contributed by atoms with Gasteiger partial charge in [0.05, 0.1) is 11.7 Å². The molecule has 0 aliphatic rings. The van der Waals surface area contributed by atoms with E-state index in [4.69, 9.17) is 5.73 Å². The monoisotopic (exact) mass is 201 g/mol. The van der Waals surface area contributed by atoms with E-state index in [-0.39, 0.29) is 6.04 Å². The highest BCUT2D eigenvalue weighted by atomic mass is 15.2. The van der Waals surface area contributed by atoms with Crippen molar-refractivity contribution in [2.45, 2.75) is 18.9 Å². The maximum absolute atomic E-state index is 6.09. The molecule has 1 unspecified atom stereocenters.